The molecule has 0 radical (unpaired) electrons. The Morgan fingerprint density at radius 3 is 1.60 bits per heavy atom. The fourth-order valence-electron chi connectivity index (χ4n) is 14.4. The zero-order valence-corrected chi connectivity index (χ0v) is 39.9. The number of ketones is 2. The Hall–Kier alpha value is -4.62. The molecule has 6 heteroatoms. The highest BCUT2D eigenvalue weighted by Gasteiger charge is 2.64. The van der Waals surface area contributed by atoms with Crippen molar-refractivity contribution in [2.24, 2.45) is 34.5 Å². The minimum Gasteiger partial charge on any atom is -0.378 e. The molecule has 0 bridgehead atoms. The number of carbonyl (C=O) groups is 2. The quantitative estimate of drug-likeness (QED) is 0.298. The summed E-state index contributed by atoms with van der Waals surface area (Å²) in [5.74, 6) is 13.1. The van der Waals surface area contributed by atoms with Crippen LogP contribution in [0.15, 0.2) is 94.0 Å². The fourth-order valence-corrected chi connectivity index (χ4v) is 14.4. The highest BCUT2D eigenvalue weighted by molar-refractivity contribution is 5.93. The van der Waals surface area contributed by atoms with Crippen molar-refractivity contribution in [1.29, 1.82) is 0 Å². The monoisotopic (exact) mass is 879 g/mol. The molecule has 2 N–H and O–H groups in total. The lowest BCUT2D eigenvalue weighted by Gasteiger charge is -2.53. The highest BCUT2D eigenvalue weighted by Crippen LogP contribution is 2.68. The molecule has 0 aliphatic heterocycles. The zero-order chi connectivity index (χ0) is 51.3. The molecule has 0 aromatic heterocycles. The van der Waals surface area contributed by atoms with Crippen molar-refractivity contribution >= 4 is 22.9 Å². The van der Waals surface area contributed by atoms with Gasteiger partial charge in [-0.2, -0.15) is 0 Å². The molecule has 4 saturated carbocycles. The Kier molecular flexibility index (Phi) is 10.2. The van der Waals surface area contributed by atoms with Crippen molar-refractivity contribution in [3.63, 3.8) is 0 Å². The van der Waals surface area contributed by atoms with E-state index in [1.165, 1.54) is 40.4 Å². The second-order valence-electron chi connectivity index (χ2n) is 21.3. The maximum atomic E-state index is 12.3. The second-order valence-corrected chi connectivity index (χ2v) is 21.3. The summed E-state index contributed by atoms with van der Waals surface area (Å²) >= 11 is 0. The Balaban J connectivity index is 0.000000176. The Morgan fingerprint density at radius 1 is 0.662 bits per heavy atom. The first kappa shape index (κ1) is 38.5. The van der Waals surface area contributed by atoms with Crippen LogP contribution in [0.25, 0.3) is 0 Å². The van der Waals surface area contributed by atoms with E-state index in [0.717, 1.165) is 62.6 Å². The number of benzene rings is 2. The number of allylic oxidation sites excluding steroid dienone is 8. The number of nitrogens with zero attached hydrogens (tertiary/aromatic N) is 2. The number of fused-ring (bicyclic) bond motifs is 8. The molecule has 0 unspecified atom stereocenters. The number of anilines is 2. The molecule has 342 valence electrons. The lowest BCUT2D eigenvalue weighted by Crippen LogP contribution is -2.51. The van der Waals surface area contributed by atoms with Gasteiger partial charge in [0.15, 0.2) is 11.6 Å². The molecule has 2 aromatic carbocycles. The number of aliphatic hydroxyl groups is 2. The molecule has 10 rings (SSSR count). The topological polar surface area (TPSA) is 81.1 Å². The van der Waals surface area contributed by atoms with Crippen LogP contribution >= 0.6 is 0 Å². The van der Waals surface area contributed by atoms with Crippen LogP contribution in [-0.2, 0) is 9.59 Å². The number of rotatable bonds is 4. The standard InChI is InChI=1S/C30H37NO2.C29H35NO2/c1-5-6-16-30(33)17-15-27-25-13-9-21-18-23(32)12-14-24(21)28(25)26(19-29(27,30)2)20-7-10-22(11-8-20)31(3)4;1-5-15-29(32)16-14-26-24-12-8-20-17-22(31)11-13-23(20)27(24)25(18-28(26,29)2)19-6-9-21(10-7-19)30(3)4/h7-8,10-11,18,25-27,33H,5,9,12-15,17,19H2,1-4H3;6-7,9-10,17,24-26,32H,8,11-14,16,18H2,1-4H3/t25-,26+,27-,29-,30-;24-,25+,26-,28-,29-/m00/s1/i5D2;6D,7D,9D,10D. The summed E-state index contributed by atoms with van der Waals surface area (Å²) in [5, 5.41) is 23.7. The molecule has 4 fully saturated rings. The third kappa shape index (κ3) is 7.60. The summed E-state index contributed by atoms with van der Waals surface area (Å²) in [5.41, 5.74) is 7.39. The molecular formula is C59H72N2O4. The van der Waals surface area contributed by atoms with Gasteiger partial charge in [0.1, 0.15) is 11.2 Å². The van der Waals surface area contributed by atoms with Gasteiger partial charge in [0.25, 0.3) is 0 Å². The maximum absolute atomic E-state index is 12.3. The Morgan fingerprint density at radius 2 is 1.14 bits per heavy atom. The largest absolute Gasteiger partial charge is 0.378 e. The molecule has 6 nitrogen and oxygen atoms in total. The number of hydrogen-bond acceptors (Lipinski definition) is 6. The van der Waals surface area contributed by atoms with Gasteiger partial charge in [-0.15, -0.1) is 11.8 Å². The predicted octanol–water partition coefficient (Wildman–Crippen LogP) is 11.2. The molecular weight excluding hydrogens is 801 g/mol. The van der Waals surface area contributed by atoms with E-state index < -0.39 is 28.4 Å². The van der Waals surface area contributed by atoms with Crippen LogP contribution in [0.2, 0.25) is 0 Å². The van der Waals surface area contributed by atoms with E-state index in [9.17, 15) is 19.8 Å². The first-order chi connectivity index (χ1) is 33.4. The van der Waals surface area contributed by atoms with E-state index in [4.69, 9.17) is 8.22 Å². The van der Waals surface area contributed by atoms with Gasteiger partial charge in [0.2, 0.25) is 0 Å². The van der Waals surface area contributed by atoms with Crippen molar-refractivity contribution in [1.82, 2.24) is 0 Å². The molecule has 8 aliphatic rings. The van der Waals surface area contributed by atoms with Crippen molar-refractivity contribution < 1.29 is 28.0 Å². The highest BCUT2D eigenvalue weighted by atomic mass is 16.3. The minimum atomic E-state index is -1.63. The van der Waals surface area contributed by atoms with Crippen LogP contribution in [-0.4, -0.2) is 61.2 Å². The smallest absolute Gasteiger partial charge is 0.156 e. The number of hydrogen-bond donors (Lipinski definition) is 2. The SMILES string of the molecule is [2H]C([2H])(C)C#C[C@]1(O)CC[C@H]2[C@@H]3CCC4=CC(=O)CCC4=C3[C@@H](c3ccc(N(C)C)cc3)C[C@@]21C.[2H]c1c([2H])c(N(C)C)c([2H])c([2H])c1[C@H]1C[C@@]2(C)[C@@H](CC[C@@]2(O)C#CC)[C@@H]2CCC3=CC(=O)CCC3=C21. The molecule has 2 aromatic rings. The van der Waals surface area contributed by atoms with Crippen molar-refractivity contribution in [2.75, 3.05) is 38.0 Å². The summed E-state index contributed by atoms with van der Waals surface area (Å²) in [7, 11) is 7.55. The van der Waals surface area contributed by atoms with E-state index >= 15 is 0 Å². The van der Waals surface area contributed by atoms with Crippen molar-refractivity contribution in [2.45, 2.75) is 147 Å². The fraction of sp³-hybridized carbons (Fsp3) is 0.559. The van der Waals surface area contributed by atoms with Gasteiger partial charge in [-0.3, -0.25) is 9.59 Å². The Labute approximate surface area is 398 Å². The zero-order valence-electron chi connectivity index (χ0n) is 45.9. The molecule has 0 saturated heterocycles. The van der Waals surface area contributed by atoms with Crippen LogP contribution in [0.4, 0.5) is 11.4 Å². The summed E-state index contributed by atoms with van der Waals surface area (Å²) in [6, 6.07) is 8.70. The molecule has 65 heavy (non-hydrogen) atoms. The molecule has 0 heterocycles. The van der Waals surface area contributed by atoms with E-state index in [1.807, 2.05) is 20.2 Å². The molecule has 8 aliphatic carbocycles. The average Bonchev–Trinajstić information content (AvgIpc) is 3.74. The van der Waals surface area contributed by atoms with Gasteiger partial charge in [-0.25, -0.2) is 0 Å². The molecule has 10 atom stereocenters. The first-order valence-electron chi connectivity index (χ1n) is 27.3. The van der Waals surface area contributed by atoms with E-state index in [0.29, 0.717) is 55.9 Å². The summed E-state index contributed by atoms with van der Waals surface area (Å²) in [4.78, 5) is 28.2. The van der Waals surface area contributed by atoms with Gasteiger partial charge < -0.3 is 20.0 Å². The number of carbonyl (C=O) groups excluding carboxylic acids is 2. The Bertz CT molecular complexity index is 2800. The van der Waals surface area contributed by atoms with Crippen LogP contribution < -0.4 is 9.80 Å². The lowest BCUT2D eigenvalue weighted by molar-refractivity contribution is -0.115. The van der Waals surface area contributed by atoms with Crippen LogP contribution in [0.3, 0.4) is 0 Å². The molecule has 0 amide bonds. The van der Waals surface area contributed by atoms with Crippen molar-refractivity contribution in [3.05, 3.63) is 105 Å². The second kappa shape index (κ2) is 17.2. The van der Waals surface area contributed by atoms with Crippen LogP contribution in [0.1, 0.15) is 155 Å². The summed E-state index contributed by atoms with van der Waals surface area (Å²) in [6.45, 7) is 7.52. The van der Waals surface area contributed by atoms with Gasteiger partial charge in [-0.1, -0.05) is 68.0 Å². The van der Waals surface area contributed by atoms with Gasteiger partial charge >= 0.3 is 0 Å². The van der Waals surface area contributed by atoms with Crippen LogP contribution in [0, 0.1) is 58.2 Å². The third-order valence-electron chi connectivity index (χ3n) is 17.7. The first-order valence-corrected chi connectivity index (χ1v) is 24.3. The van der Waals surface area contributed by atoms with Crippen LogP contribution in [0.5, 0.6) is 0 Å². The van der Waals surface area contributed by atoms with Gasteiger partial charge in [0.05, 0.1) is 5.48 Å². The normalized spacial score (nSPS) is 37.0. The third-order valence-corrected chi connectivity index (χ3v) is 17.7. The minimum absolute atomic E-state index is 0.00954. The average molecular weight is 879 g/mol. The maximum Gasteiger partial charge on any atom is 0.156 e. The van der Waals surface area contributed by atoms with E-state index in [2.05, 4.69) is 66.7 Å². The lowest BCUT2D eigenvalue weighted by atomic mass is 9.51. The predicted molar refractivity (Wildman–Crippen MR) is 263 cm³/mol. The summed E-state index contributed by atoms with van der Waals surface area (Å²) < 4.78 is 51.3. The van der Waals surface area contributed by atoms with E-state index in [-0.39, 0.29) is 65.1 Å². The molecule has 0 spiro atoms. The van der Waals surface area contributed by atoms with Gasteiger partial charge in [-0.05, 0) is 177 Å². The van der Waals surface area contributed by atoms with Crippen molar-refractivity contribution in [3.8, 4) is 23.7 Å². The summed E-state index contributed by atoms with van der Waals surface area (Å²) in [6.07, 6.45) is 12.4. The van der Waals surface area contributed by atoms with E-state index in [1.54, 1.807) is 32.0 Å². The van der Waals surface area contributed by atoms with Gasteiger partial charge in [0, 0.05) is 84.2 Å².